The molecule has 1 rings (SSSR count). The molecule has 0 spiro atoms. The van der Waals surface area contributed by atoms with E-state index in [2.05, 4.69) is 0 Å². The minimum Gasteiger partial charge on any atom is -0.480 e. The highest BCUT2D eigenvalue weighted by Crippen LogP contribution is 2.11. The van der Waals surface area contributed by atoms with E-state index >= 15 is 0 Å². The molecule has 21 heavy (non-hydrogen) atoms. The van der Waals surface area contributed by atoms with Crippen LogP contribution >= 0.6 is 0 Å². The maximum Gasteiger partial charge on any atom is 0.323 e. The summed E-state index contributed by atoms with van der Waals surface area (Å²) in [5.41, 5.74) is 0. The lowest BCUT2D eigenvalue weighted by molar-refractivity contribution is -0.148. The van der Waals surface area contributed by atoms with Crippen molar-refractivity contribution in [3.63, 3.8) is 0 Å². The summed E-state index contributed by atoms with van der Waals surface area (Å²) in [5, 5.41) is 8.80. The summed E-state index contributed by atoms with van der Waals surface area (Å²) in [6.45, 7) is 6.49. The van der Waals surface area contributed by atoms with E-state index in [4.69, 9.17) is 9.84 Å². The van der Waals surface area contributed by atoms with Crippen molar-refractivity contribution in [2.45, 2.75) is 33.3 Å². The summed E-state index contributed by atoms with van der Waals surface area (Å²) in [6.07, 6.45) is 0.149. The van der Waals surface area contributed by atoms with Gasteiger partial charge in [0.1, 0.15) is 6.54 Å². The van der Waals surface area contributed by atoms with E-state index in [9.17, 15) is 14.4 Å². The quantitative estimate of drug-likeness (QED) is 0.757. The highest BCUT2D eigenvalue weighted by atomic mass is 16.5. The number of carboxylic acid groups (broad SMARTS) is 1. The molecule has 0 radical (unpaired) electrons. The maximum atomic E-state index is 12.0. The van der Waals surface area contributed by atoms with Gasteiger partial charge in [-0.1, -0.05) is 13.8 Å². The molecule has 0 saturated carbocycles. The fourth-order valence-electron chi connectivity index (χ4n) is 2.25. The number of hydrogen-bond acceptors (Lipinski definition) is 4. The number of ether oxygens (including phenoxy) is 1. The number of hydrogen-bond donors (Lipinski definition) is 1. The number of carboxylic acids is 1. The Balaban J connectivity index is 2.56. The fourth-order valence-corrected chi connectivity index (χ4v) is 2.25. The predicted octanol–water partition coefficient (Wildman–Crippen LogP) is 0.193. The molecule has 0 aromatic rings. The summed E-state index contributed by atoms with van der Waals surface area (Å²) in [7, 11) is 0. The summed E-state index contributed by atoms with van der Waals surface area (Å²) in [5.74, 6) is -1.01. The van der Waals surface area contributed by atoms with Gasteiger partial charge >= 0.3 is 5.97 Å². The van der Waals surface area contributed by atoms with Crippen LogP contribution in [0.4, 0.5) is 0 Å². The van der Waals surface area contributed by atoms with Crippen LogP contribution in [0.3, 0.4) is 0 Å². The van der Waals surface area contributed by atoms with E-state index < -0.39 is 5.97 Å². The number of morpholine rings is 1. The molecule has 0 aromatic carbocycles. The highest BCUT2D eigenvalue weighted by Gasteiger charge is 2.27. The van der Waals surface area contributed by atoms with Crippen molar-refractivity contribution < 1.29 is 24.2 Å². The molecule has 1 fully saturated rings. The minimum absolute atomic E-state index is 0.0749. The van der Waals surface area contributed by atoms with Crippen molar-refractivity contribution in [2.75, 3.05) is 32.8 Å². The van der Waals surface area contributed by atoms with Crippen molar-refractivity contribution in [1.29, 1.82) is 0 Å². The monoisotopic (exact) mass is 300 g/mol. The molecule has 0 aliphatic carbocycles. The third kappa shape index (κ3) is 6.12. The van der Waals surface area contributed by atoms with Gasteiger partial charge < -0.3 is 19.6 Å². The Hall–Kier alpha value is -1.63. The predicted molar refractivity (Wildman–Crippen MR) is 75.7 cm³/mol. The zero-order chi connectivity index (χ0) is 16.0. The molecule has 0 aromatic heterocycles. The Labute approximate surface area is 124 Å². The first-order valence-electron chi connectivity index (χ1n) is 7.16. The van der Waals surface area contributed by atoms with Crippen LogP contribution < -0.4 is 0 Å². The molecular formula is C14H24N2O5. The second kappa shape index (κ2) is 7.97. The molecule has 120 valence electrons. The SMILES string of the molecule is CC(=O)N(CC(=O)O)CC1CN(C(=O)CC(C)C)CCO1. The van der Waals surface area contributed by atoms with E-state index in [-0.39, 0.29) is 31.0 Å². The zero-order valence-corrected chi connectivity index (χ0v) is 12.9. The van der Waals surface area contributed by atoms with Crippen molar-refractivity contribution >= 4 is 17.8 Å². The first-order valence-corrected chi connectivity index (χ1v) is 7.16. The van der Waals surface area contributed by atoms with Crippen molar-refractivity contribution in [3.8, 4) is 0 Å². The molecule has 7 nitrogen and oxygen atoms in total. The third-order valence-corrected chi connectivity index (χ3v) is 3.27. The summed E-state index contributed by atoms with van der Waals surface area (Å²) >= 11 is 0. The standard InChI is InChI=1S/C14H24N2O5/c1-10(2)6-13(18)15-4-5-21-12(7-15)8-16(11(3)17)9-14(19)20/h10,12H,4-9H2,1-3H3,(H,19,20). The lowest BCUT2D eigenvalue weighted by atomic mass is 10.1. The molecular weight excluding hydrogens is 276 g/mol. The Morgan fingerprint density at radius 1 is 1.38 bits per heavy atom. The van der Waals surface area contributed by atoms with Crippen molar-refractivity contribution in [1.82, 2.24) is 9.80 Å². The van der Waals surface area contributed by atoms with Crippen LogP contribution in [0.15, 0.2) is 0 Å². The van der Waals surface area contributed by atoms with Gasteiger partial charge in [0.15, 0.2) is 0 Å². The topological polar surface area (TPSA) is 87.2 Å². The lowest BCUT2D eigenvalue weighted by Gasteiger charge is -2.35. The molecule has 1 atom stereocenters. The van der Waals surface area contributed by atoms with E-state index in [0.717, 1.165) is 0 Å². The molecule has 1 unspecified atom stereocenters. The normalized spacial score (nSPS) is 18.7. The largest absolute Gasteiger partial charge is 0.480 e. The summed E-state index contributed by atoms with van der Waals surface area (Å²) in [4.78, 5) is 37.2. The van der Waals surface area contributed by atoms with Gasteiger partial charge in [0, 0.05) is 33.0 Å². The van der Waals surface area contributed by atoms with Crippen LogP contribution in [0, 0.1) is 5.92 Å². The Bertz CT molecular complexity index is 397. The van der Waals surface area contributed by atoms with Gasteiger partial charge in [-0.2, -0.15) is 0 Å². The van der Waals surface area contributed by atoms with Gasteiger partial charge in [-0.05, 0) is 5.92 Å². The van der Waals surface area contributed by atoms with Crippen molar-refractivity contribution in [3.05, 3.63) is 0 Å². The van der Waals surface area contributed by atoms with Gasteiger partial charge in [-0.3, -0.25) is 14.4 Å². The van der Waals surface area contributed by atoms with Gasteiger partial charge in [-0.15, -0.1) is 0 Å². The smallest absolute Gasteiger partial charge is 0.323 e. The second-order valence-electron chi connectivity index (χ2n) is 5.72. The van der Waals surface area contributed by atoms with E-state index in [1.54, 1.807) is 4.90 Å². The Morgan fingerprint density at radius 3 is 2.57 bits per heavy atom. The molecule has 1 heterocycles. The molecule has 7 heteroatoms. The summed E-state index contributed by atoms with van der Waals surface area (Å²) < 4.78 is 5.54. The number of amides is 2. The number of carbonyl (C=O) groups is 3. The van der Waals surface area contributed by atoms with E-state index in [1.807, 2.05) is 13.8 Å². The van der Waals surface area contributed by atoms with Crippen molar-refractivity contribution in [2.24, 2.45) is 5.92 Å². The van der Waals surface area contributed by atoms with Gasteiger partial charge in [0.05, 0.1) is 12.7 Å². The lowest BCUT2D eigenvalue weighted by Crippen LogP contribution is -2.51. The Morgan fingerprint density at radius 2 is 2.05 bits per heavy atom. The fraction of sp³-hybridized carbons (Fsp3) is 0.786. The van der Waals surface area contributed by atoms with E-state index in [1.165, 1.54) is 11.8 Å². The average Bonchev–Trinajstić information content (AvgIpc) is 2.36. The number of rotatable bonds is 6. The number of aliphatic carboxylic acids is 1. The molecule has 2 amide bonds. The minimum atomic E-state index is -1.06. The number of nitrogens with zero attached hydrogens (tertiary/aromatic N) is 2. The van der Waals surface area contributed by atoms with Crippen LogP contribution in [0.2, 0.25) is 0 Å². The van der Waals surface area contributed by atoms with Crippen LogP contribution in [-0.4, -0.2) is 71.6 Å². The molecule has 1 N–H and O–H groups in total. The first kappa shape index (κ1) is 17.4. The molecule has 1 saturated heterocycles. The highest BCUT2D eigenvalue weighted by molar-refractivity contribution is 5.79. The van der Waals surface area contributed by atoms with Crippen LogP contribution in [0.1, 0.15) is 27.2 Å². The molecule has 1 aliphatic rings. The Kier molecular flexibility index (Phi) is 6.61. The van der Waals surface area contributed by atoms with Crippen LogP contribution in [0.5, 0.6) is 0 Å². The maximum absolute atomic E-state index is 12.0. The first-order chi connectivity index (χ1) is 9.79. The van der Waals surface area contributed by atoms with Gasteiger partial charge in [0.2, 0.25) is 11.8 Å². The number of carbonyl (C=O) groups excluding carboxylic acids is 2. The third-order valence-electron chi connectivity index (χ3n) is 3.27. The van der Waals surface area contributed by atoms with Gasteiger partial charge in [-0.25, -0.2) is 0 Å². The van der Waals surface area contributed by atoms with Gasteiger partial charge in [0.25, 0.3) is 0 Å². The molecule has 1 aliphatic heterocycles. The van der Waals surface area contributed by atoms with Crippen LogP contribution in [0.25, 0.3) is 0 Å². The zero-order valence-electron chi connectivity index (χ0n) is 12.9. The second-order valence-corrected chi connectivity index (χ2v) is 5.72. The van der Waals surface area contributed by atoms with Crippen LogP contribution in [-0.2, 0) is 19.1 Å². The average molecular weight is 300 g/mol. The summed E-state index contributed by atoms with van der Waals surface area (Å²) in [6, 6.07) is 0. The molecule has 0 bridgehead atoms. The van der Waals surface area contributed by atoms with E-state index in [0.29, 0.717) is 32.0 Å².